The smallest absolute Gasteiger partial charge is 0.434 e. The van der Waals surface area contributed by atoms with Crippen LogP contribution in [-0.2, 0) is 24.7 Å². The lowest BCUT2D eigenvalue weighted by atomic mass is 10.1. The molecule has 0 atom stereocenters. The molecule has 6 aromatic carbocycles. The summed E-state index contributed by atoms with van der Waals surface area (Å²) in [4.78, 5) is 66.3. The first kappa shape index (κ1) is 92.4. The highest BCUT2D eigenvalue weighted by Crippen LogP contribution is 2.42. The number of pyridine rings is 2. The van der Waals surface area contributed by atoms with Crippen molar-refractivity contribution in [2.75, 3.05) is 142 Å². The van der Waals surface area contributed by atoms with E-state index in [2.05, 4.69) is 47.2 Å². The number of rotatable bonds is 27. The van der Waals surface area contributed by atoms with E-state index in [0.717, 1.165) is 49.0 Å². The molecule has 0 saturated carbocycles. The highest BCUT2D eigenvalue weighted by molar-refractivity contribution is 9.10. The molecule has 2 heterocycles. The van der Waals surface area contributed by atoms with Crippen molar-refractivity contribution in [2.45, 2.75) is 45.5 Å². The molecule has 0 aliphatic heterocycles. The van der Waals surface area contributed by atoms with Crippen LogP contribution in [0.1, 0.15) is 84.6 Å². The average molecular weight is 1720 g/mol. The topological polar surface area (TPSA) is 211 Å². The second-order valence-corrected chi connectivity index (χ2v) is 26.3. The Morgan fingerprint density at radius 2 is 0.811 bits per heavy atom. The number of nitrogens with one attached hydrogen (secondary N) is 4. The minimum Gasteiger partial charge on any atom is -0.496 e. The third-order valence-electron chi connectivity index (χ3n) is 14.7. The van der Waals surface area contributed by atoms with Gasteiger partial charge in [-0.15, -0.1) is 0 Å². The van der Waals surface area contributed by atoms with Crippen LogP contribution in [0.2, 0.25) is 20.1 Å². The van der Waals surface area contributed by atoms with Crippen molar-refractivity contribution in [3.8, 4) is 34.6 Å². The third-order valence-corrected chi connectivity index (χ3v) is 16.6. The van der Waals surface area contributed by atoms with Crippen molar-refractivity contribution in [1.29, 1.82) is 0 Å². The van der Waals surface area contributed by atoms with Gasteiger partial charge in [0.25, 0.3) is 23.6 Å². The number of ether oxygens (including phenoxy) is 6. The molecule has 0 fully saturated rings. The summed E-state index contributed by atoms with van der Waals surface area (Å²) in [6.45, 7) is 9.32. The standard InChI is InChI=1S/C21H25ClF3N3O2.2C19H21ClF3N3O3.C15H10BrClF3NO2/c1-5-30-18-8-6-7-17(28(4)12-11-27(2)3)19(18)20(29)26-14-9-10-16(22)15(13-14)21(23,24)25;1-4-28-15-7-8-24-18(29-10-9-26(2)3)16(15)17(27)25-12-5-6-14(20)13(11-12)19(21,22)23;1-4-28-13-6-5-7-14(29-11-10-26(2)3)16(13)18(27)25-15-9-8-12(20)17(24-15)19(21,22)23;1-23-12-4-2-3-10(16)13(12)14(22)21-8-5-6-11(17)9(7-8)15(18,19)20/h6-10,13H,5,11-12H2,1-4H3,(H,26,29);5-8,11H,4,9-10H2,1-3H3,(H,25,27);5-9H,4,10-11H2,1-3H3,(H,24,25,27);2-7H,1H3,(H,21,22). The molecule has 20 nitrogen and oxygen atoms in total. The number of amides is 4. The third kappa shape index (κ3) is 28.2. The summed E-state index contributed by atoms with van der Waals surface area (Å²) in [6, 6.07) is 28.1. The first-order valence-electron chi connectivity index (χ1n) is 33.0. The number of benzene rings is 6. The summed E-state index contributed by atoms with van der Waals surface area (Å²) in [5, 5.41) is 7.85. The van der Waals surface area contributed by atoms with Crippen LogP contribution in [0.3, 0.4) is 0 Å². The molecule has 2 aromatic heterocycles. The van der Waals surface area contributed by atoms with Gasteiger partial charge in [-0.25, -0.2) is 9.97 Å². The summed E-state index contributed by atoms with van der Waals surface area (Å²) < 4.78 is 190. The highest BCUT2D eigenvalue weighted by atomic mass is 79.9. The van der Waals surface area contributed by atoms with Gasteiger partial charge in [0, 0.05) is 61.0 Å². The lowest BCUT2D eigenvalue weighted by Gasteiger charge is -2.25. The molecule has 37 heteroatoms. The molecule has 0 saturated heterocycles. The van der Waals surface area contributed by atoms with Crippen LogP contribution in [0.4, 0.5) is 81.3 Å². The first-order valence-corrected chi connectivity index (χ1v) is 35.3. The van der Waals surface area contributed by atoms with Crippen LogP contribution in [-0.4, -0.2) is 164 Å². The van der Waals surface area contributed by atoms with Gasteiger partial charge in [-0.05, 0) is 188 Å². The summed E-state index contributed by atoms with van der Waals surface area (Å²) in [5.41, 5.74) is -3.35. The van der Waals surface area contributed by atoms with Gasteiger partial charge in [-0.2, -0.15) is 52.7 Å². The maximum atomic E-state index is 13.1. The van der Waals surface area contributed by atoms with Gasteiger partial charge in [0.1, 0.15) is 64.5 Å². The Morgan fingerprint density at radius 1 is 0.423 bits per heavy atom. The zero-order valence-electron chi connectivity index (χ0n) is 61.3. The lowest BCUT2D eigenvalue weighted by molar-refractivity contribution is -0.141. The van der Waals surface area contributed by atoms with Crippen molar-refractivity contribution >= 4 is 115 Å². The van der Waals surface area contributed by atoms with Crippen molar-refractivity contribution in [2.24, 2.45) is 0 Å². The van der Waals surface area contributed by atoms with E-state index in [9.17, 15) is 71.9 Å². The Balaban J connectivity index is 0.000000266. The molecule has 8 rings (SSSR count). The number of hydrogen-bond donors (Lipinski definition) is 4. The molecule has 0 spiro atoms. The highest BCUT2D eigenvalue weighted by Gasteiger charge is 2.38. The summed E-state index contributed by atoms with van der Waals surface area (Å²) in [6.07, 6.45) is -17.2. The summed E-state index contributed by atoms with van der Waals surface area (Å²) >= 11 is 25.6. The van der Waals surface area contributed by atoms with Crippen molar-refractivity contribution < 1.29 is 100 Å². The van der Waals surface area contributed by atoms with Crippen LogP contribution >= 0.6 is 62.3 Å². The minimum atomic E-state index is -4.75. The fourth-order valence-electron chi connectivity index (χ4n) is 9.45. The van der Waals surface area contributed by atoms with E-state index in [1.807, 2.05) is 68.9 Å². The predicted molar refractivity (Wildman–Crippen MR) is 407 cm³/mol. The first-order chi connectivity index (χ1) is 52.0. The minimum absolute atomic E-state index is 0.00313. The average Bonchev–Trinajstić information content (AvgIpc) is 0.808. The molecule has 0 unspecified atom stereocenters. The number of likely N-dealkylation sites (N-methyl/N-ethyl adjacent to an activating group) is 4. The molecular formula is C74H77BrCl4F12N10O10. The molecule has 0 aliphatic carbocycles. The Hall–Kier alpha value is -9.22. The molecule has 602 valence electrons. The normalized spacial score (nSPS) is 11.4. The molecular weight excluding hydrogens is 1640 g/mol. The number of aromatic nitrogens is 2. The number of alkyl halides is 12. The van der Waals surface area contributed by atoms with Gasteiger partial charge in [0.2, 0.25) is 5.88 Å². The molecule has 0 radical (unpaired) electrons. The van der Waals surface area contributed by atoms with Gasteiger partial charge in [0.05, 0.1) is 75.0 Å². The van der Waals surface area contributed by atoms with Crippen LogP contribution in [0.25, 0.3) is 0 Å². The maximum absolute atomic E-state index is 13.1. The Kier molecular flexibility index (Phi) is 35.3. The fraction of sp³-hybridized carbons (Fsp3) is 0.324. The fourth-order valence-corrected chi connectivity index (χ4v) is 10.9. The molecule has 0 bridgehead atoms. The summed E-state index contributed by atoms with van der Waals surface area (Å²) in [7, 11) is 14.6. The number of carbonyl (C=O) groups is 4. The van der Waals surface area contributed by atoms with Crippen LogP contribution < -0.4 is 54.6 Å². The SMILES string of the molecule is CCOc1cccc(N(C)CCN(C)C)c1C(=O)Nc1ccc(Cl)c(C(F)(F)F)c1.CCOc1cccc(OCCN(C)C)c1C(=O)Nc1ccc(Cl)c(C(F)(F)F)n1.CCOc1ccnc(OCCN(C)C)c1C(=O)Nc1ccc(Cl)c(C(F)(F)F)c1.COc1cccc(Br)c1C(=O)Nc1ccc(Cl)c(C(F)(F)F)c1. The molecule has 4 N–H and O–H groups in total. The Bertz CT molecular complexity index is 4330. The van der Waals surface area contributed by atoms with E-state index in [1.54, 1.807) is 75.4 Å². The van der Waals surface area contributed by atoms with E-state index < -0.39 is 90.8 Å². The van der Waals surface area contributed by atoms with Gasteiger partial charge in [0.15, 0.2) is 5.69 Å². The van der Waals surface area contributed by atoms with Gasteiger partial charge in [-0.3, -0.25) is 19.2 Å². The Morgan fingerprint density at radius 3 is 1.25 bits per heavy atom. The zero-order valence-corrected chi connectivity index (χ0v) is 65.9. The van der Waals surface area contributed by atoms with E-state index in [-0.39, 0.29) is 81.5 Å². The molecule has 4 amide bonds. The van der Waals surface area contributed by atoms with E-state index >= 15 is 0 Å². The molecule has 0 aliphatic rings. The second-order valence-electron chi connectivity index (χ2n) is 23.8. The van der Waals surface area contributed by atoms with Gasteiger partial charge in [-0.1, -0.05) is 64.6 Å². The number of hydrogen-bond acceptors (Lipinski definition) is 16. The number of halogens is 17. The van der Waals surface area contributed by atoms with Crippen molar-refractivity contribution in [3.63, 3.8) is 0 Å². The summed E-state index contributed by atoms with van der Waals surface area (Å²) in [5.74, 6) is -1.50. The number of nitrogens with zero attached hydrogens (tertiary/aromatic N) is 6. The van der Waals surface area contributed by atoms with E-state index in [1.165, 1.54) is 43.6 Å². The quantitative estimate of drug-likeness (QED) is 0.0353. The lowest BCUT2D eigenvalue weighted by Crippen LogP contribution is -2.30. The Labute approximate surface area is 660 Å². The van der Waals surface area contributed by atoms with E-state index in [4.69, 9.17) is 74.8 Å². The van der Waals surface area contributed by atoms with Gasteiger partial charge < -0.3 is 69.3 Å². The van der Waals surface area contributed by atoms with Crippen molar-refractivity contribution in [3.05, 3.63) is 203 Å². The number of carbonyl (C=O) groups excluding carboxylic acids is 4. The molecule has 8 aromatic rings. The zero-order chi connectivity index (χ0) is 82.9. The second kappa shape index (κ2) is 42.4. The monoisotopic (exact) mass is 1710 g/mol. The van der Waals surface area contributed by atoms with Gasteiger partial charge >= 0.3 is 24.7 Å². The van der Waals surface area contributed by atoms with Crippen LogP contribution in [0.5, 0.6) is 34.6 Å². The van der Waals surface area contributed by atoms with Crippen molar-refractivity contribution in [1.82, 2.24) is 24.7 Å². The number of anilines is 5. The molecule has 111 heavy (non-hydrogen) atoms. The van der Waals surface area contributed by atoms with E-state index in [0.29, 0.717) is 61.1 Å². The largest absolute Gasteiger partial charge is 0.496 e. The maximum Gasteiger partial charge on any atom is 0.434 e. The van der Waals surface area contributed by atoms with Crippen LogP contribution in [0.15, 0.2) is 138 Å². The predicted octanol–water partition coefficient (Wildman–Crippen LogP) is 19.1. The number of methoxy groups -OCH3 is 1. The van der Waals surface area contributed by atoms with Crippen LogP contribution in [0, 0.1) is 0 Å².